The fourth-order valence-electron chi connectivity index (χ4n) is 0.488. The summed E-state index contributed by atoms with van der Waals surface area (Å²) >= 11 is 11.0. The fraction of sp³-hybridized carbons (Fsp3) is 0.400. The lowest BCUT2D eigenvalue weighted by Gasteiger charge is -2.12. The number of carbonyl (C=O) groups excluding carboxylic acids is 1. The van der Waals surface area contributed by atoms with Gasteiger partial charge in [0.2, 0.25) is 0 Å². The summed E-state index contributed by atoms with van der Waals surface area (Å²) in [4.78, 5) is 10.4. The standard InChI is InChI=1S/C5H4Cl2O3/c1-3-5(7,2-6)10-4(8)9-3/h1-2H2. The summed E-state index contributed by atoms with van der Waals surface area (Å²) in [5, 5.41) is -1.36. The first kappa shape index (κ1) is 7.69. The molecule has 0 spiro atoms. The van der Waals surface area contributed by atoms with Crippen LogP contribution in [0.15, 0.2) is 12.3 Å². The van der Waals surface area contributed by atoms with Crippen LogP contribution in [0.3, 0.4) is 0 Å². The molecular formula is C5H4Cl2O3. The van der Waals surface area contributed by atoms with Gasteiger partial charge in [0.1, 0.15) is 0 Å². The van der Waals surface area contributed by atoms with Crippen LogP contribution in [0.2, 0.25) is 0 Å². The van der Waals surface area contributed by atoms with Crippen molar-refractivity contribution in [2.45, 2.75) is 5.06 Å². The number of cyclic esters (lactones) is 2. The van der Waals surface area contributed by atoms with E-state index in [1.165, 1.54) is 0 Å². The highest BCUT2D eigenvalue weighted by Crippen LogP contribution is 2.34. The summed E-state index contributed by atoms with van der Waals surface area (Å²) in [5.41, 5.74) is 0. The number of ether oxygens (including phenoxy) is 2. The number of hydrogen-bond donors (Lipinski definition) is 0. The van der Waals surface area contributed by atoms with Crippen molar-refractivity contribution in [2.24, 2.45) is 0 Å². The van der Waals surface area contributed by atoms with Crippen LogP contribution < -0.4 is 0 Å². The molecular weight excluding hydrogens is 179 g/mol. The second-order valence-electron chi connectivity index (χ2n) is 1.74. The molecule has 0 aromatic rings. The molecule has 0 radical (unpaired) electrons. The third kappa shape index (κ3) is 1.07. The van der Waals surface area contributed by atoms with Crippen LogP contribution in [0.5, 0.6) is 0 Å². The maximum Gasteiger partial charge on any atom is 0.515 e. The second-order valence-corrected chi connectivity index (χ2v) is 2.62. The summed E-state index contributed by atoms with van der Waals surface area (Å²) in [5.74, 6) is -0.0340. The molecule has 1 saturated heterocycles. The first-order valence-corrected chi connectivity index (χ1v) is 3.35. The number of hydrogen-bond acceptors (Lipinski definition) is 3. The van der Waals surface area contributed by atoms with Gasteiger partial charge in [0.15, 0.2) is 5.76 Å². The predicted octanol–water partition coefficient (Wildman–Crippen LogP) is 1.84. The van der Waals surface area contributed by atoms with E-state index in [0.717, 1.165) is 0 Å². The van der Waals surface area contributed by atoms with Gasteiger partial charge in [0.05, 0.1) is 5.88 Å². The lowest BCUT2D eigenvalue weighted by Crippen LogP contribution is -2.23. The predicted molar refractivity (Wildman–Crippen MR) is 36.0 cm³/mol. The van der Waals surface area contributed by atoms with Gasteiger partial charge in [-0.05, 0) is 0 Å². The van der Waals surface area contributed by atoms with E-state index in [1.807, 2.05) is 0 Å². The maximum absolute atomic E-state index is 10.4. The minimum absolute atomic E-state index is 0.0363. The topological polar surface area (TPSA) is 35.5 Å². The van der Waals surface area contributed by atoms with Gasteiger partial charge in [-0.1, -0.05) is 18.2 Å². The van der Waals surface area contributed by atoms with E-state index in [9.17, 15) is 4.79 Å². The maximum atomic E-state index is 10.4. The SMILES string of the molecule is C=C1OC(=O)OC1(Cl)CCl. The van der Waals surface area contributed by atoms with Crippen LogP contribution >= 0.6 is 23.2 Å². The summed E-state index contributed by atoms with van der Waals surface area (Å²) < 4.78 is 8.88. The minimum Gasteiger partial charge on any atom is -0.402 e. The Balaban J connectivity index is 2.80. The van der Waals surface area contributed by atoms with Crippen molar-refractivity contribution in [3.63, 3.8) is 0 Å². The van der Waals surface area contributed by atoms with E-state index in [1.54, 1.807) is 0 Å². The lowest BCUT2D eigenvalue weighted by molar-refractivity contribution is 0.113. The smallest absolute Gasteiger partial charge is 0.402 e. The molecule has 3 nitrogen and oxygen atoms in total. The monoisotopic (exact) mass is 182 g/mol. The van der Waals surface area contributed by atoms with Crippen LogP contribution in [0.1, 0.15) is 0 Å². The molecule has 1 aliphatic rings. The van der Waals surface area contributed by atoms with Crippen molar-refractivity contribution in [2.75, 3.05) is 5.88 Å². The molecule has 0 aliphatic carbocycles. The van der Waals surface area contributed by atoms with Crippen molar-refractivity contribution in [1.82, 2.24) is 0 Å². The molecule has 1 atom stereocenters. The van der Waals surface area contributed by atoms with Crippen LogP contribution in [0.25, 0.3) is 0 Å². The third-order valence-electron chi connectivity index (χ3n) is 1.04. The molecule has 0 saturated carbocycles. The Morgan fingerprint density at radius 3 is 2.50 bits per heavy atom. The first-order valence-electron chi connectivity index (χ1n) is 2.43. The Labute approximate surface area is 67.5 Å². The number of rotatable bonds is 1. The highest BCUT2D eigenvalue weighted by molar-refractivity contribution is 6.32. The Bertz CT molecular complexity index is 191. The fourth-order valence-corrected chi connectivity index (χ4v) is 0.794. The van der Waals surface area contributed by atoms with Gasteiger partial charge in [-0.25, -0.2) is 4.79 Å². The first-order chi connectivity index (χ1) is 4.58. The third-order valence-corrected chi connectivity index (χ3v) is 1.97. The second kappa shape index (κ2) is 2.32. The molecule has 0 N–H and O–H groups in total. The highest BCUT2D eigenvalue weighted by Gasteiger charge is 2.44. The van der Waals surface area contributed by atoms with E-state index < -0.39 is 11.2 Å². The van der Waals surface area contributed by atoms with E-state index in [-0.39, 0.29) is 11.6 Å². The molecule has 1 rings (SSSR count). The molecule has 1 heterocycles. The Morgan fingerprint density at radius 2 is 2.30 bits per heavy atom. The summed E-state index contributed by atoms with van der Waals surface area (Å²) in [6.07, 6.45) is -0.861. The molecule has 0 aromatic heterocycles. The van der Waals surface area contributed by atoms with Gasteiger partial charge >= 0.3 is 6.16 Å². The number of carbonyl (C=O) groups is 1. The molecule has 56 valence electrons. The average Bonchev–Trinajstić information content (AvgIpc) is 2.09. The quantitative estimate of drug-likeness (QED) is 0.459. The van der Waals surface area contributed by atoms with Gasteiger partial charge in [-0.15, -0.1) is 11.6 Å². The summed E-state index contributed by atoms with van der Waals surface area (Å²) in [6.45, 7) is 3.34. The van der Waals surface area contributed by atoms with E-state index >= 15 is 0 Å². The van der Waals surface area contributed by atoms with Crippen LogP contribution in [0, 0.1) is 0 Å². The minimum atomic E-state index is -1.36. The Morgan fingerprint density at radius 1 is 1.70 bits per heavy atom. The normalized spacial score (nSPS) is 31.8. The van der Waals surface area contributed by atoms with E-state index in [4.69, 9.17) is 23.2 Å². The highest BCUT2D eigenvalue weighted by atomic mass is 35.5. The zero-order valence-electron chi connectivity index (χ0n) is 4.89. The van der Waals surface area contributed by atoms with Crippen LogP contribution in [0.4, 0.5) is 4.79 Å². The molecule has 0 bridgehead atoms. The molecule has 10 heavy (non-hydrogen) atoms. The van der Waals surface area contributed by atoms with E-state index in [0.29, 0.717) is 0 Å². The molecule has 5 heteroatoms. The van der Waals surface area contributed by atoms with Crippen LogP contribution in [-0.2, 0) is 9.47 Å². The Kier molecular flexibility index (Phi) is 1.79. The van der Waals surface area contributed by atoms with Gasteiger partial charge in [-0.2, -0.15) is 0 Å². The largest absolute Gasteiger partial charge is 0.515 e. The average molecular weight is 183 g/mol. The van der Waals surface area contributed by atoms with Gasteiger partial charge in [-0.3, -0.25) is 0 Å². The zero-order chi connectivity index (χ0) is 7.78. The molecule has 1 aliphatic heterocycles. The van der Waals surface area contributed by atoms with Crippen molar-refractivity contribution in [3.8, 4) is 0 Å². The zero-order valence-corrected chi connectivity index (χ0v) is 6.41. The van der Waals surface area contributed by atoms with Gasteiger partial charge < -0.3 is 9.47 Å². The van der Waals surface area contributed by atoms with Crippen molar-refractivity contribution in [3.05, 3.63) is 12.3 Å². The summed E-state index contributed by atoms with van der Waals surface area (Å²) in [7, 11) is 0. The van der Waals surface area contributed by atoms with Gasteiger partial charge in [0, 0.05) is 0 Å². The van der Waals surface area contributed by atoms with Crippen molar-refractivity contribution >= 4 is 29.4 Å². The molecule has 0 amide bonds. The Hall–Kier alpha value is -0.410. The molecule has 0 aromatic carbocycles. The van der Waals surface area contributed by atoms with Crippen molar-refractivity contribution < 1.29 is 14.3 Å². The lowest BCUT2D eigenvalue weighted by atomic mass is 10.3. The van der Waals surface area contributed by atoms with Crippen LogP contribution in [-0.4, -0.2) is 17.1 Å². The number of halogens is 2. The van der Waals surface area contributed by atoms with Crippen molar-refractivity contribution in [1.29, 1.82) is 0 Å². The van der Waals surface area contributed by atoms with E-state index in [2.05, 4.69) is 16.1 Å². The molecule has 1 fully saturated rings. The number of alkyl halides is 2. The summed E-state index contributed by atoms with van der Waals surface area (Å²) in [6, 6.07) is 0. The molecule has 1 unspecified atom stereocenters. The van der Waals surface area contributed by atoms with Gasteiger partial charge in [0.25, 0.3) is 5.06 Å².